The fourth-order valence-corrected chi connectivity index (χ4v) is 3.14. The molecule has 2 aromatic rings. The summed E-state index contributed by atoms with van der Waals surface area (Å²) in [7, 11) is 1.68. The smallest absolute Gasteiger partial charge is 0.118 e. The Hall–Kier alpha value is -1.36. The molecule has 1 aromatic carbocycles. The van der Waals surface area contributed by atoms with E-state index < -0.39 is 0 Å². The molecule has 1 aromatic heterocycles. The number of thiophene rings is 1. The quantitative estimate of drug-likeness (QED) is 0.858. The van der Waals surface area contributed by atoms with Crippen LogP contribution in [0.15, 0.2) is 36.4 Å². The van der Waals surface area contributed by atoms with Gasteiger partial charge in [-0.25, -0.2) is 0 Å². The zero-order chi connectivity index (χ0) is 13.1. The van der Waals surface area contributed by atoms with E-state index in [1.165, 1.54) is 15.3 Å². The molecule has 0 spiro atoms. The van der Waals surface area contributed by atoms with E-state index in [0.717, 1.165) is 5.75 Å². The molecule has 0 radical (unpaired) electrons. The summed E-state index contributed by atoms with van der Waals surface area (Å²) < 4.78 is 16.3. The summed E-state index contributed by atoms with van der Waals surface area (Å²) in [6, 6.07) is 12.4. The Kier molecular flexibility index (Phi) is 3.82. The zero-order valence-electron chi connectivity index (χ0n) is 10.8. The monoisotopic (exact) mass is 276 g/mol. The lowest BCUT2D eigenvalue weighted by Crippen LogP contribution is -2.21. The molecule has 1 aliphatic heterocycles. The maximum absolute atomic E-state index is 5.72. The number of rotatable bonds is 3. The largest absolute Gasteiger partial charge is 0.497 e. The summed E-state index contributed by atoms with van der Waals surface area (Å²) in [5.74, 6) is 0.879. The molecule has 1 saturated heterocycles. The average molecular weight is 276 g/mol. The minimum absolute atomic E-state index is 0.0887. The fraction of sp³-hybridized carbons (Fsp3) is 0.333. The molecule has 1 atom stereocenters. The molecule has 19 heavy (non-hydrogen) atoms. The van der Waals surface area contributed by atoms with Crippen LogP contribution in [-0.4, -0.2) is 26.9 Å². The average Bonchev–Trinajstić information content (AvgIpc) is 2.98. The van der Waals surface area contributed by atoms with Gasteiger partial charge in [0.2, 0.25) is 0 Å². The lowest BCUT2D eigenvalue weighted by atomic mass is 10.2. The van der Waals surface area contributed by atoms with Crippen molar-refractivity contribution in [1.29, 1.82) is 0 Å². The van der Waals surface area contributed by atoms with E-state index in [1.54, 1.807) is 18.4 Å². The zero-order valence-corrected chi connectivity index (χ0v) is 11.6. The molecule has 0 amide bonds. The third kappa shape index (κ3) is 2.81. The van der Waals surface area contributed by atoms with Crippen LogP contribution < -0.4 is 4.74 Å². The summed E-state index contributed by atoms with van der Waals surface area (Å²) in [4.78, 5) is 2.47. The van der Waals surface area contributed by atoms with Crippen molar-refractivity contribution in [3.8, 4) is 16.2 Å². The van der Waals surface area contributed by atoms with Crippen LogP contribution in [0, 0.1) is 0 Å². The van der Waals surface area contributed by atoms with Gasteiger partial charge in [-0.1, -0.05) is 0 Å². The predicted octanol–water partition coefficient (Wildman–Crippen LogP) is 3.51. The SMILES string of the molecule is COc1ccc(-c2ccc(C3COCCO3)s2)cc1. The van der Waals surface area contributed by atoms with Crippen molar-refractivity contribution >= 4 is 11.3 Å². The van der Waals surface area contributed by atoms with E-state index in [1.807, 2.05) is 12.1 Å². The summed E-state index contributed by atoms with van der Waals surface area (Å²) in [5.41, 5.74) is 1.20. The molecule has 0 aliphatic carbocycles. The summed E-state index contributed by atoms with van der Waals surface area (Å²) >= 11 is 1.76. The number of hydrogen-bond donors (Lipinski definition) is 0. The Morgan fingerprint density at radius 1 is 1.11 bits per heavy atom. The number of methoxy groups -OCH3 is 1. The van der Waals surface area contributed by atoms with Crippen LogP contribution in [0.3, 0.4) is 0 Å². The third-order valence-corrected chi connectivity index (χ3v) is 4.36. The molecule has 1 unspecified atom stereocenters. The van der Waals surface area contributed by atoms with Crippen molar-refractivity contribution in [3.63, 3.8) is 0 Å². The van der Waals surface area contributed by atoms with Gasteiger partial charge in [0.05, 0.1) is 26.9 Å². The fourth-order valence-electron chi connectivity index (χ4n) is 2.09. The van der Waals surface area contributed by atoms with Crippen LogP contribution in [0.1, 0.15) is 11.0 Å². The van der Waals surface area contributed by atoms with Gasteiger partial charge in [0.25, 0.3) is 0 Å². The molecule has 0 bridgehead atoms. The van der Waals surface area contributed by atoms with E-state index >= 15 is 0 Å². The van der Waals surface area contributed by atoms with E-state index in [9.17, 15) is 0 Å². The molecular formula is C15H16O3S. The standard InChI is InChI=1S/C15H16O3S/c1-16-12-4-2-11(3-5-12)14-6-7-15(19-14)13-10-17-8-9-18-13/h2-7,13H,8-10H2,1H3. The summed E-state index contributed by atoms with van der Waals surface area (Å²) in [6.45, 7) is 2.04. The van der Waals surface area contributed by atoms with Crippen molar-refractivity contribution in [2.24, 2.45) is 0 Å². The normalized spacial score (nSPS) is 19.3. The van der Waals surface area contributed by atoms with Gasteiger partial charge < -0.3 is 14.2 Å². The minimum Gasteiger partial charge on any atom is -0.497 e. The first-order chi connectivity index (χ1) is 9.36. The van der Waals surface area contributed by atoms with Gasteiger partial charge in [0, 0.05) is 9.75 Å². The van der Waals surface area contributed by atoms with Gasteiger partial charge in [-0.15, -0.1) is 11.3 Å². The minimum atomic E-state index is 0.0887. The third-order valence-electron chi connectivity index (χ3n) is 3.13. The van der Waals surface area contributed by atoms with Crippen molar-refractivity contribution in [2.45, 2.75) is 6.10 Å². The van der Waals surface area contributed by atoms with Gasteiger partial charge in [0.1, 0.15) is 11.9 Å². The number of hydrogen-bond acceptors (Lipinski definition) is 4. The predicted molar refractivity (Wildman–Crippen MR) is 75.8 cm³/mol. The van der Waals surface area contributed by atoms with Crippen LogP contribution in [0.2, 0.25) is 0 Å². The molecule has 1 fully saturated rings. The highest BCUT2D eigenvalue weighted by Crippen LogP contribution is 2.34. The van der Waals surface area contributed by atoms with Crippen molar-refractivity contribution in [1.82, 2.24) is 0 Å². The van der Waals surface area contributed by atoms with E-state index in [-0.39, 0.29) is 6.10 Å². The van der Waals surface area contributed by atoms with Crippen LogP contribution in [0.4, 0.5) is 0 Å². The molecule has 1 aliphatic rings. The highest BCUT2D eigenvalue weighted by atomic mass is 32.1. The first-order valence-corrected chi connectivity index (χ1v) is 7.12. The molecule has 100 valence electrons. The van der Waals surface area contributed by atoms with Crippen LogP contribution >= 0.6 is 11.3 Å². The lowest BCUT2D eigenvalue weighted by molar-refractivity contribution is -0.0887. The van der Waals surface area contributed by atoms with Crippen LogP contribution in [0.25, 0.3) is 10.4 Å². The Bertz CT molecular complexity index is 527. The van der Waals surface area contributed by atoms with Crippen molar-refractivity contribution < 1.29 is 14.2 Å². The van der Waals surface area contributed by atoms with Crippen LogP contribution in [0.5, 0.6) is 5.75 Å². The van der Waals surface area contributed by atoms with Crippen molar-refractivity contribution in [3.05, 3.63) is 41.3 Å². The van der Waals surface area contributed by atoms with E-state index in [4.69, 9.17) is 14.2 Å². The van der Waals surface area contributed by atoms with Gasteiger partial charge in [-0.3, -0.25) is 0 Å². The Labute approximate surface area is 116 Å². The molecular weight excluding hydrogens is 260 g/mol. The van der Waals surface area contributed by atoms with Gasteiger partial charge in [0.15, 0.2) is 0 Å². The number of ether oxygens (including phenoxy) is 3. The molecule has 4 heteroatoms. The van der Waals surface area contributed by atoms with E-state index in [0.29, 0.717) is 19.8 Å². The van der Waals surface area contributed by atoms with Gasteiger partial charge >= 0.3 is 0 Å². The second-order valence-electron chi connectivity index (χ2n) is 4.36. The summed E-state index contributed by atoms with van der Waals surface area (Å²) in [6.07, 6.45) is 0.0887. The topological polar surface area (TPSA) is 27.7 Å². The second kappa shape index (κ2) is 5.74. The molecule has 3 rings (SSSR count). The Balaban J connectivity index is 1.79. The van der Waals surface area contributed by atoms with Gasteiger partial charge in [-0.05, 0) is 42.0 Å². The highest BCUT2D eigenvalue weighted by molar-refractivity contribution is 7.15. The number of benzene rings is 1. The lowest BCUT2D eigenvalue weighted by Gasteiger charge is -2.21. The maximum Gasteiger partial charge on any atom is 0.118 e. The molecule has 2 heterocycles. The van der Waals surface area contributed by atoms with Crippen LogP contribution in [-0.2, 0) is 9.47 Å². The maximum atomic E-state index is 5.72. The first kappa shape index (κ1) is 12.7. The summed E-state index contributed by atoms with van der Waals surface area (Å²) in [5, 5.41) is 0. The first-order valence-electron chi connectivity index (χ1n) is 6.30. The molecule has 0 saturated carbocycles. The van der Waals surface area contributed by atoms with Gasteiger partial charge in [-0.2, -0.15) is 0 Å². The van der Waals surface area contributed by atoms with Crippen molar-refractivity contribution in [2.75, 3.05) is 26.9 Å². The Morgan fingerprint density at radius 3 is 2.63 bits per heavy atom. The van der Waals surface area contributed by atoms with E-state index in [2.05, 4.69) is 24.3 Å². The molecule has 3 nitrogen and oxygen atoms in total. The highest BCUT2D eigenvalue weighted by Gasteiger charge is 2.18. The Morgan fingerprint density at radius 2 is 1.95 bits per heavy atom. The molecule has 0 N–H and O–H groups in total. The second-order valence-corrected chi connectivity index (χ2v) is 5.48.